The summed E-state index contributed by atoms with van der Waals surface area (Å²) in [5.74, 6) is -0.0561. The lowest BCUT2D eigenvalue weighted by molar-refractivity contribution is -0.146. The third-order valence-electron chi connectivity index (χ3n) is 2.19. The fraction of sp³-hybridized carbons (Fsp3) is 0.889. The highest BCUT2D eigenvalue weighted by Crippen LogP contribution is 2.26. The van der Waals surface area contributed by atoms with E-state index in [2.05, 4.69) is 5.32 Å². The quantitative estimate of drug-likeness (QED) is 0.628. The van der Waals surface area contributed by atoms with Crippen molar-refractivity contribution in [3.8, 4) is 0 Å². The van der Waals surface area contributed by atoms with E-state index in [1.54, 1.807) is 7.05 Å². The first-order valence-corrected chi connectivity index (χ1v) is 5.88. The van der Waals surface area contributed by atoms with Gasteiger partial charge in [-0.1, -0.05) is 20.8 Å². The Morgan fingerprint density at radius 2 is 1.93 bits per heavy atom. The van der Waals surface area contributed by atoms with Crippen LogP contribution in [0, 0.1) is 0 Å². The van der Waals surface area contributed by atoms with Crippen molar-refractivity contribution in [2.24, 2.45) is 0 Å². The molecule has 0 radical (unpaired) electrons. The molecule has 0 fully saturated rings. The first-order chi connectivity index (χ1) is 6.58. The largest absolute Gasteiger partial charge is 0.478 e. The zero-order valence-electron chi connectivity index (χ0n) is 9.33. The first kappa shape index (κ1) is 13.7. The Morgan fingerprint density at radius 3 is 2.14 bits per heavy atom. The van der Waals surface area contributed by atoms with Crippen LogP contribution in [0.5, 0.6) is 0 Å². The van der Waals surface area contributed by atoms with Gasteiger partial charge < -0.3 is 5.11 Å². The van der Waals surface area contributed by atoms with Crippen LogP contribution in [-0.2, 0) is 4.79 Å². The summed E-state index contributed by atoms with van der Waals surface area (Å²) in [7, 11) is 1.69. The van der Waals surface area contributed by atoms with Crippen molar-refractivity contribution >= 4 is 17.7 Å². The van der Waals surface area contributed by atoms with Crippen molar-refractivity contribution in [2.45, 2.75) is 25.8 Å². The van der Waals surface area contributed by atoms with Gasteiger partial charge in [0.1, 0.15) is 0 Å². The number of carbonyl (C=O) groups is 1. The van der Waals surface area contributed by atoms with E-state index in [9.17, 15) is 9.90 Å². The highest BCUT2D eigenvalue weighted by molar-refractivity contribution is 8.01. The Balaban J connectivity index is 4.89. The molecule has 0 aromatic carbocycles. The SMILES string of the molecule is CCSC(NC)(C(=O)O)N(CC)CC. The molecule has 0 saturated heterocycles. The Morgan fingerprint density at radius 1 is 1.43 bits per heavy atom. The van der Waals surface area contributed by atoms with Crippen LogP contribution >= 0.6 is 11.8 Å². The second-order valence-corrected chi connectivity index (χ2v) is 4.26. The normalized spacial score (nSPS) is 15.5. The number of nitrogens with one attached hydrogen (secondary N) is 1. The predicted molar refractivity (Wildman–Crippen MR) is 60.5 cm³/mol. The van der Waals surface area contributed by atoms with Gasteiger partial charge in [0.2, 0.25) is 4.99 Å². The number of carboxylic acid groups (broad SMARTS) is 1. The van der Waals surface area contributed by atoms with Gasteiger partial charge in [0.15, 0.2) is 0 Å². The van der Waals surface area contributed by atoms with Crippen molar-refractivity contribution in [1.29, 1.82) is 0 Å². The van der Waals surface area contributed by atoms with Crippen molar-refractivity contribution in [3.63, 3.8) is 0 Å². The standard InChI is InChI=1S/C9H20N2O2S/c1-5-11(6-2)9(10-4,8(12)13)14-7-3/h10H,5-7H2,1-4H3,(H,12,13). The molecule has 0 saturated carbocycles. The number of likely N-dealkylation sites (N-methyl/N-ethyl adjacent to an activating group) is 2. The molecule has 2 N–H and O–H groups in total. The molecule has 0 rings (SSSR count). The van der Waals surface area contributed by atoms with E-state index < -0.39 is 11.0 Å². The summed E-state index contributed by atoms with van der Waals surface area (Å²) in [6.45, 7) is 7.33. The van der Waals surface area contributed by atoms with Gasteiger partial charge in [-0.2, -0.15) is 0 Å². The smallest absolute Gasteiger partial charge is 0.350 e. The van der Waals surface area contributed by atoms with Gasteiger partial charge >= 0.3 is 5.97 Å². The second-order valence-electron chi connectivity index (χ2n) is 2.80. The topological polar surface area (TPSA) is 52.6 Å². The van der Waals surface area contributed by atoms with E-state index in [1.165, 1.54) is 11.8 Å². The molecule has 1 unspecified atom stereocenters. The Labute approximate surface area is 90.0 Å². The second kappa shape index (κ2) is 6.27. The number of nitrogens with zero attached hydrogens (tertiary/aromatic N) is 1. The van der Waals surface area contributed by atoms with Gasteiger partial charge in [0.25, 0.3) is 0 Å². The van der Waals surface area contributed by atoms with Crippen LogP contribution in [0.15, 0.2) is 0 Å². The molecule has 4 nitrogen and oxygen atoms in total. The maximum absolute atomic E-state index is 11.3. The van der Waals surface area contributed by atoms with Crippen LogP contribution < -0.4 is 5.32 Å². The number of carboxylic acids is 1. The molecular formula is C9H20N2O2S. The van der Waals surface area contributed by atoms with E-state index >= 15 is 0 Å². The Hall–Kier alpha value is -0.260. The molecule has 1 atom stereocenters. The lowest BCUT2D eigenvalue weighted by Gasteiger charge is -2.38. The van der Waals surface area contributed by atoms with E-state index in [0.29, 0.717) is 0 Å². The van der Waals surface area contributed by atoms with Crippen LogP contribution in [0.1, 0.15) is 20.8 Å². The fourth-order valence-electron chi connectivity index (χ4n) is 1.50. The Bertz CT molecular complexity index is 186. The monoisotopic (exact) mass is 220 g/mol. The summed E-state index contributed by atoms with van der Waals surface area (Å²) < 4.78 is 0. The van der Waals surface area contributed by atoms with Crippen molar-refractivity contribution in [2.75, 3.05) is 25.9 Å². The van der Waals surface area contributed by atoms with E-state index in [4.69, 9.17) is 0 Å². The minimum atomic E-state index is -0.974. The Kier molecular flexibility index (Phi) is 6.15. The summed E-state index contributed by atoms with van der Waals surface area (Å²) in [6, 6.07) is 0. The van der Waals surface area contributed by atoms with Gasteiger partial charge in [-0.3, -0.25) is 10.2 Å². The molecule has 0 aromatic heterocycles. The molecule has 0 aliphatic heterocycles. The molecule has 0 heterocycles. The number of rotatable bonds is 7. The molecule has 84 valence electrons. The molecule has 0 aliphatic carbocycles. The first-order valence-electron chi connectivity index (χ1n) is 4.90. The van der Waals surface area contributed by atoms with Crippen molar-refractivity contribution in [1.82, 2.24) is 10.2 Å². The van der Waals surface area contributed by atoms with Crippen LogP contribution in [0.25, 0.3) is 0 Å². The van der Waals surface area contributed by atoms with Crippen LogP contribution in [0.4, 0.5) is 0 Å². The van der Waals surface area contributed by atoms with E-state index in [1.807, 2.05) is 25.7 Å². The summed E-state index contributed by atoms with van der Waals surface area (Å²) >= 11 is 1.40. The van der Waals surface area contributed by atoms with Gasteiger partial charge in [0, 0.05) is 0 Å². The molecule has 0 aliphatic rings. The van der Waals surface area contributed by atoms with Crippen LogP contribution in [-0.4, -0.2) is 46.9 Å². The van der Waals surface area contributed by atoms with E-state index in [-0.39, 0.29) is 0 Å². The molecule has 5 heteroatoms. The summed E-state index contributed by atoms with van der Waals surface area (Å²) in [5.41, 5.74) is 0. The number of thioether (sulfide) groups is 1. The minimum absolute atomic E-state index is 0.719. The fourth-order valence-corrected chi connectivity index (χ4v) is 2.63. The number of hydrogen-bond acceptors (Lipinski definition) is 4. The molecular weight excluding hydrogens is 200 g/mol. The lowest BCUT2D eigenvalue weighted by atomic mass is 10.4. The maximum atomic E-state index is 11.3. The lowest BCUT2D eigenvalue weighted by Crippen LogP contribution is -2.60. The van der Waals surface area contributed by atoms with Gasteiger partial charge in [-0.05, 0) is 25.9 Å². The highest BCUT2D eigenvalue weighted by Gasteiger charge is 2.41. The average molecular weight is 220 g/mol. The van der Waals surface area contributed by atoms with Gasteiger partial charge in [0.05, 0.1) is 0 Å². The van der Waals surface area contributed by atoms with Crippen LogP contribution in [0.3, 0.4) is 0 Å². The predicted octanol–water partition coefficient (Wildman–Crippen LogP) is 1.04. The number of hydrogen-bond donors (Lipinski definition) is 2. The molecule has 0 bridgehead atoms. The summed E-state index contributed by atoms with van der Waals surface area (Å²) in [6.07, 6.45) is 0. The van der Waals surface area contributed by atoms with Crippen molar-refractivity contribution < 1.29 is 9.90 Å². The molecule has 0 spiro atoms. The zero-order valence-corrected chi connectivity index (χ0v) is 10.1. The third-order valence-corrected chi connectivity index (χ3v) is 3.53. The van der Waals surface area contributed by atoms with E-state index in [0.717, 1.165) is 18.8 Å². The maximum Gasteiger partial charge on any atom is 0.350 e. The van der Waals surface area contributed by atoms with Gasteiger partial charge in [-0.25, -0.2) is 4.79 Å². The molecule has 0 aromatic rings. The molecule has 0 amide bonds. The average Bonchev–Trinajstić information content (AvgIpc) is 2.17. The highest BCUT2D eigenvalue weighted by atomic mass is 32.2. The zero-order chi connectivity index (χ0) is 11.2. The van der Waals surface area contributed by atoms with Crippen LogP contribution in [0.2, 0.25) is 0 Å². The minimum Gasteiger partial charge on any atom is -0.478 e. The summed E-state index contributed by atoms with van der Waals surface area (Å²) in [5, 5.41) is 12.2. The molecule has 14 heavy (non-hydrogen) atoms. The number of aliphatic carboxylic acids is 1. The third kappa shape index (κ3) is 2.62. The van der Waals surface area contributed by atoms with Gasteiger partial charge in [-0.15, -0.1) is 11.8 Å². The summed E-state index contributed by atoms with van der Waals surface area (Å²) in [4.78, 5) is 12.2. The van der Waals surface area contributed by atoms with Crippen molar-refractivity contribution in [3.05, 3.63) is 0 Å².